The zero-order valence-corrected chi connectivity index (χ0v) is 11.3. The van der Waals surface area contributed by atoms with E-state index in [2.05, 4.69) is 0 Å². The van der Waals surface area contributed by atoms with Gasteiger partial charge in [0.25, 0.3) is 0 Å². The van der Waals surface area contributed by atoms with Crippen molar-refractivity contribution in [3.8, 4) is 0 Å². The van der Waals surface area contributed by atoms with Crippen LogP contribution in [0.4, 0.5) is 5.69 Å². The molecule has 0 amide bonds. The summed E-state index contributed by atoms with van der Waals surface area (Å²) >= 11 is 5.75. The number of rotatable bonds is 3. The van der Waals surface area contributed by atoms with Crippen molar-refractivity contribution in [2.24, 2.45) is 0 Å². The molecule has 0 radical (unpaired) electrons. The summed E-state index contributed by atoms with van der Waals surface area (Å²) in [6.07, 6.45) is 1.42. The highest BCUT2D eigenvalue weighted by atomic mass is 35.5. The van der Waals surface area contributed by atoms with E-state index in [1.807, 2.05) is 0 Å². The smallest absolute Gasteiger partial charge is 0.245 e. The monoisotopic (exact) mass is 290 g/mol. The molecule has 0 aromatic heterocycles. The Labute approximate surface area is 111 Å². The second-order valence-corrected chi connectivity index (χ2v) is 6.57. The van der Waals surface area contributed by atoms with Crippen LogP contribution in [0.15, 0.2) is 23.1 Å². The van der Waals surface area contributed by atoms with Crippen LogP contribution in [0.2, 0.25) is 5.02 Å². The molecule has 1 fully saturated rings. The average molecular weight is 291 g/mol. The molecule has 5 nitrogen and oxygen atoms in total. The molecule has 0 saturated carbocycles. The lowest BCUT2D eigenvalue weighted by molar-refractivity contribution is 0.213. The summed E-state index contributed by atoms with van der Waals surface area (Å²) in [6, 6.07) is 3.96. The first kappa shape index (κ1) is 13.6. The lowest BCUT2D eigenvalue weighted by Gasteiger charge is -2.23. The maximum absolute atomic E-state index is 12.4. The highest BCUT2D eigenvalue weighted by Crippen LogP contribution is 2.30. The highest BCUT2D eigenvalue weighted by molar-refractivity contribution is 7.89. The predicted molar refractivity (Wildman–Crippen MR) is 69.9 cm³/mol. The molecule has 0 spiro atoms. The summed E-state index contributed by atoms with van der Waals surface area (Å²) in [4.78, 5) is 0.0484. The van der Waals surface area contributed by atoms with Gasteiger partial charge in [0.15, 0.2) is 0 Å². The lowest BCUT2D eigenvalue weighted by atomic mass is 10.2. The van der Waals surface area contributed by atoms with Gasteiger partial charge in [-0.3, -0.25) is 0 Å². The number of hydrogen-bond donors (Lipinski definition) is 2. The molecule has 1 aromatic rings. The number of nitrogens with zero attached hydrogens (tertiary/aromatic N) is 1. The number of benzene rings is 1. The fourth-order valence-corrected chi connectivity index (χ4v) is 4.15. The molecule has 2 rings (SSSR count). The second-order valence-electron chi connectivity index (χ2n) is 4.28. The standard InChI is InChI=1S/C11H15ClN2O3S/c12-8-3-4-11(10(13)6-8)18(16,17)14-5-1-2-9(14)7-15/h3-4,6,9,15H,1-2,5,7,13H2/t9-/m1/s1. The van der Waals surface area contributed by atoms with Crippen molar-refractivity contribution in [2.45, 2.75) is 23.8 Å². The molecule has 1 aliphatic rings. The van der Waals surface area contributed by atoms with Crippen LogP contribution in [0.3, 0.4) is 0 Å². The number of sulfonamides is 1. The van der Waals surface area contributed by atoms with E-state index in [0.717, 1.165) is 6.42 Å². The fourth-order valence-electron chi connectivity index (χ4n) is 2.19. The Balaban J connectivity index is 2.42. The molecule has 0 bridgehead atoms. The van der Waals surface area contributed by atoms with Gasteiger partial charge < -0.3 is 10.8 Å². The van der Waals surface area contributed by atoms with Crippen molar-refractivity contribution >= 4 is 27.3 Å². The third-order valence-electron chi connectivity index (χ3n) is 3.09. The minimum absolute atomic E-state index is 0.0484. The van der Waals surface area contributed by atoms with Gasteiger partial charge in [-0.2, -0.15) is 4.31 Å². The Hall–Kier alpha value is -0.820. The van der Waals surface area contributed by atoms with Gasteiger partial charge in [0.05, 0.1) is 12.3 Å². The van der Waals surface area contributed by atoms with E-state index in [9.17, 15) is 13.5 Å². The Morgan fingerprint density at radius 3 is 2.83 bits per heavy atom. The van der Waals surface area contributed by atoms with Crippen molar-refractivity contribution in [3.63, 3.8) is 0 Å². The molecule has 0 unspecified atom stereocenters. The van der Waals surface area contributed by atoms with Crippen molar-refractivity contribution < 1.29 is 13.5 Å². The molecule has 100 valence electrons. The van der Waals surface area contributed by atoms with Crippen LogP contribution in [0.1, 0.15) is 12.8 Å². The van der Waals surface area contributed by atoms with E-state index >= 15 is 0 Å². The zero-order chi connectivity index (χ0) is 13.3. The van der Waals surface area contributed by atoms with Gasteiger partial charge in [-0.25, -0.2) is 8.42 Å². The van der Waals surface area contributed by atoms with Crippen LogP contribution in [-0.4, -0.2) is 37.0 Å². The molecule has 1 aromatic carbocycles. The number of hydrogen-bond acceptors (Lipinski definition) is 4. The normalized spacial score (nSPS) is 21.3. The van der Waals surface area contributed by atoms with Crippen LogP contribution in [0.5, 0.6) is 0 Å². The van der Waals surface area contributed by atoms with Gasteiger partial charge in [0.1, 0.15) is 4.90 Å². The van der Waals surface area contributed by atoms with E-state index in [4.69, 9.17) is 17.3 Å². The van der Waals surface area contributed by atoms with Gasteiger partial charge >= 0.3 is 0 Å². The van der Waals surface area contributed by atoms with Gasteiger partial charge in [-0.1, -0.05) is 11.6 Å². The molecular weight excluding hydrogens is 276 g/mol. The maximum Gasteiger partial charge on any atom is 0.245 e. The van der Waals surface area contributed by atoms with Gasteiger partial charge in [-0.05, 0) is 31.0 Å². The molecule has 1 saturated heterocycles. The predicted octanol–water partition coefficient (Wildman–Crippen LogP) is 1.07. The Bertz CT molecular complexity index is 547. The molecule has 7 heteroatoms. The van der Waals surface area contributed by atoms with Gasteiger partial charge in [0, 0.05) is 17.6 Å². The molecule has 0 aliphatic carbocycles. The second kappa shape index (κ2) is 5.05. The van der Waals surface area contributed by atoms with E-state index in [-0.39, 0.29) is 23.2 Å². The van der Waals surface area contributed by atoms with Crippen LogP contribution >= 0.6 is 11.6 Å². The molecule has 1 atom stereocenters. The van der Waals surface area contributed by atoms with E-state index in [1.165, 1.54) is 22.5 Å². The minimum atomic E-state index is -3.66. The molecular formula is C11H15ClN2O3S. The lowest BCUT2D eigenvalue weighted by Crippen LogP contribution is -2.37. The van der Waals surface area contributed by atoms with Crippen LogP contribution in [0, 0.1) is 0 Å². The first-order valence-electron chi connectivity index (χ1n) is 5.64. The minimum Gasteiger partial charge on any atom is -0.398 e. The summed E-state index contributed by atoms with van der Waals surface area (Å²) in [5.74, 6) is 0. The first-order valence-corrected chi connectivity index (χ1v) is 7.46. The number of nitrogens with two attached hydrogens (primary N) is 1. The largest absolute Gasteiger partial charge is 0.398 e. The molecule has 1 heterocycles. The number of aliphatic hydroxyl groups is 1. The van der Waals surface area contributed by atoms with Crippen molar-refractivity contribution in [1.29, 1.82) is 0 Å². The summed E-state index contributed by atoms with van der Waals surface area (Å²) in [5, 5.41) is 9.60. The van der Waals surface area contributed by atoms with Crippen molar-refractivity contribution in [1.82, 2.24) is 4.31 Å². The first-order chi connectivity index (χ1) is 8.46. The number of anilines is 1. The Morgan fingerprint density at radius 2 is 2.22 bits per heavy atom. The van der Waals surface area contributed by atoms with Crippen LogP contribution in [0.25, 0.3) is 0 Å². The summed E-state index contributed by atoms with van der Waals surface area (Å²) in [5.41, 5.74) is 5.84. The molecule has 1 aliphatic heterocycles. The van der Waals surface area contributed by atoms with E-state index < -0.39 is 10.0 Å². The third kappa shape index (κ3) is 2.33. The van der Waals surface area contributed by atoms with Crippen molar-refractivity contribution in [2.75, 3.05) is 18.9 Å². The highest BCUT2D eigenvalue weighted by Gasteiger charge is 2.35. The topological polar surface area (TPSA) is 83.6 Å². The number of nitrogen functional groups attached to an aromatic ring is 1. The average Bonchev–Trinajstić information content (AvgIpc) is 2.76. The zero-order valence-electron chi connectivity index (χ0n) is 9.71. The van der Waals surface area contributed by atoms with Gasteiger partial charge in [-0.15, -0.1) is 0 Å². The van der Waals surface area contributed by atoms with Crippen LogP contribution in [-0.2, 0) is 10.0 Å². The quantitative estimate of drug-likeness (QED) is 0.816. The summed E-state index contributed by atoms with van der Waals surface area (Å²) in [6.45, 7) is 0.238. The number of aliphatic hydroxyl groups excluding tert-OH is 1. The SMILES string of the molecule is Nc1cc(Cl)ccc1S(=O)(=O)N1CCC[C@@H]1CO. The molecule has 18 heavy (non-hydrogen) atoms. The Morgan fingerprint density at radius 1 is 1.50 bits per heavy atom. The fraction of sp³-hybridized carbons (Fsp3) is 0.455. The van der Waals surface area contributed by atoms with E-state index in [0.29, 0.717) is 18.0 Å². The van der Waals surface area contributed by atoms with E-state index in [1.54, 1.807) is 0 Å². The molecule has 3 N–H and O–H groups in total. The van der Waals surface area contributed by atoms with Gasteiger partial charge in [0.2, 0.25) is 10.0 Å². The van der Waals surface area contributed by atoms with Crippen LogP contribution < -0.4 is 5.73 Å². The third-order valence-corrected chi connectivity index (χ3v) is 5.35. The Kier molecular flexibility index (Phi) is 3.82. The van der Waals surface area contributed by atoms with Crippen molar-refractivity contribution in [3.05, 3.63) is 23.2 Å². The maximum atomic E-state index is 12.4. The number of halogens is 1. The summed E-state index contributed by atoms with van der Waals surface area (Å²) < 4.78 is 26.2. The summed E-state index contributed by atoms with van der Waals surface area (Å²) in [7, 11) is -3.66.